The first-order valence-electron chi connectivity index (χ1n) is 9.21. The maximum Gasteiger partial charge on any atom is 0.129 e. The molecule has 0 radical (unpaired) electrons. The van der Waals surface area contributed by atoms with E-state index in [2.05, 4.69) is 51.8 Å². The van der Waals surface area contributed by atoms with Crippen LogP contribution in [0.3, 0.4) is 0 Å². The van der Waals surface area contributed by atoms with Gasteiger partial charge in [0, 0.05) is 11.8 Å². The van der Waals surface area contributed by atoms with Crippen molar-refractivity contribution in [2.24, 2.45) is 11.8 Å². The maximum atomic E-state index is 6.24. The second-order valence-electron chi connectivity index (χ2n) is 6.76. The van der Waals surface area contributed by atoms with E-state index in [0.717, 1.165) is 42.6 Å². The maximum absolute atomic E-state index is 6.24. The van der Waals surface area contributed by atoms with Crippen molar-refractivity contribution in [3.05, 3.63) is 40.7 Å². The normalized spacial score (nSPS) is 18.4. The zero-order valence-electron chi connectivity index (χ0n) is 15.6. The van der Waals surface area contributed by atoms with Gasteiger partial charge in [0.25, 0.3) is 0 Å². The molecule has 2 rings (SSSR count). The number of pyridine rings is 1. The first-order valence-corrected chi connectivity index (χ1v) is 9.58. The molecule has 0 N–H and O–H groups in total. The van der Waals surface area contributed by atoms with Gasteiger partial charge < -0.3 is 4.74 Å². The molecule has 2 atom stereocenters. The lowest BCUT2D eigenvalue weighted by atomic mass is 9.82. The lowest BCUT2D eigenvalue weighted by Crippen LogP contribution is -2.11. The third-order valence-electron chi connectivity index (χ3n) is 4.95. The Morgan fingerprint density at radius 1 is 1.33 bits per heavy atom. The van der Waals surface area contributed by atoms with Crippen LogP contribution < -0.4 is 0 Å². The van der Waals surface area contributed by atoms with Gasteiger partial charge in [-0.1, -0.05) is 51.8 Å². The van der Waals surface area contributed by atoms with Crippen molar-refractivity contribution in [2.45, 2.75) is 66.4 Å². The SMILES string of the molecule is C/C=C(\c1cc(Cl)ncc1/C(=C/CC)OC1CC1)C(C)C(C)CC. The lowest BCUT2D eigenvalue weighted by molar-refractivity contribution is 0.260. The van der Waals surface area contributed by atoms with Crippen LogP contribution in [-0.2, 0) is 4.74 Å². The number of halogens is 1. The zero-order valence-corrected chi connectivity index (χ0v) is 16.4. The van der Waals surface area contributed by atoms with E-state index >= 15 is 0 Å². The van der Waals surface area contributed by atoms with Gasteiger partial charge in [0.1, 0.15) is 10.9 Å². The number of hydrogen-bond acceptors (Lipinski definition) is 2. The second kappa shape index (κ2) is 8.71. The Hall–Kier alpha value is -1.28. The van der Waals surface area contributed by atoms with Crippen LogP contribution in [0.4, 0.5) is 0 Å². The standard InChI is InChI=1S/C21H30ClNO/c1-6-9-20(24-16-10-11-16)19-13-23-21(22)12-18(19)17(8-3)15(5)14(4)7-2/h8-9,12-16H,6-7,10-11H2,1-5H3/b17-8-,20-9-. The molecule has 0 spiro atoms. The average molecular weight is 348 g/mol. The zero-order chi connectivity index (χ0) is 17.7. The van der Waals surface area contributed by atoms with Crippen molar-refractivity contribution in [1.29, 1.82) is 0 Å². The van der Waals surface area contributed by atoms with Crippen LogP contribution in [-0.4, -0.2) is 11.1 Å². The molecule has 1 aromatic heterocycles. The van der Waals surface area contributed by atoms with E-state index in [1.54, 1.807) is 0 Å². The Bertz CT molecular complexity index is 616. The summed E-state index contributed by atoms with van der Waals surface area (Å²) in [5.74, 6) is 2.02. The summed E-state index contributed by atoms with van der Waals surface area (Å²) in [4.78, 5) is 4.33. The Kier molecular flexibility index (Phi) is 6.91. The molecule has 2 nitrogen and oxygen atoms in total. The van der Waals surface area contributed by atoms with Gasteiger partial charge in [-0.3, -0.25) is 0 Å². The Balaban J connectivity index is 2.47. The van der Waals surface area contributed by atoms with Crippen LogP contribution in [0, 0.1) is 11.8 Å². The quantitative estimate of drug-likeness (QED) is 0.383. The third-order valence-corrected chi connectivity index (χ3v) is 5.16. The second-order valence-corrected chi connectivity index (χ2v) is 7.15. The molecule has 1 aliphatic rings. The molecule has 1 aliphatic carbocycles. The molecular weight excluding hydrogens is 318 g/mol. The number of nitrogens with zero attached hydrogens (tertiary/aromatic N) is 1. The van der Waals surface area contributed by atoms with E-state index in [0.29, 0.717) is 23.1 Å². The smallest absolute Gasteiger partial charge is 0.129 e. The Morgan fingerprint density at radius 2 is 2.04 bits per heavy atom. The highest BCUT2D eigenvalue weighted by atomic mass is 35.5. The van der Waals surface area contributed by atoms with Crippen molar-refractivity contribution in [3.8, 4) is 0 Å². The van der Waals surface area contributed by atoms with Gasteiger partial charge in [0.15, 0.2) is 0 Å². The molecule has 1 heterocycles. The van der Waals surface area contributed by atoms with Gasteiger partial charge in [-0.15, -0.1) is 0 Å². The van der Waals surface area contributed by atoms with E-state index in [4.69, 9.17) is 16.3 Å². The Labute approximate surface area is 152 Å². The molecule has 0 bridgehead atoms. The summed E-state index contributed by atoms with van der Waals surface area (Å²) in [6.45, 7) is 11.1. The van der Waals surface area contributed by atoms with E-state index < -0.39 is 0 Å². The molecule has 1 aromatic rings. The summed E-state index contributed by atoms with van der Waals surface area (Å²) >= 11 is 6.24. The first-order chi connectivity index (χ1) is 11.5. The summed E-state index contributed by atoms with van der Waals surface area (Å²) in [6, 6.07) is 1.99. The molecular formula is C21H30ClNO. The fraction of sp³-hybridized carbons (Fsp3) is 0.571. The van der Waals surface area contributed by atoms with Gasteiger partial charge in [0.2, 0.25) is 0 Å². The molecule has 24 heavy (non-hydrogen) atoms. The van der Waals surface area contributed by atoms with Crippen LogP contribution in [0.25, 0.3) is 11.3 Å². The first kappa shape index (κ1) is 19.1. The summed E-state index contributed by atoms with van der Waals surface area (Å²) in [5, 5.41) is 0.534. The monoisotopic (exact) mass is 347 g/mol. The molecule has 2 unspecified atom stereocenters. The summed E-state index contributed by atoms with van der Waals surface area (Å²) < 4.78 is 6.18. The molecule has 0 aliphatic heterocycles. The van der Waals surface area contributed by atoms with Gasteiger partial charge in [-0.05, 0) is 61.3 Å². The van der Waals surface area contributed by atoms with Crippen LogP contribution in [0.15, 0.2) is 24.4 Å². The number of rotatable bonds is 8. The fourth-order valence-electron chi connectivity index (χ4n) is 2.96. The van der Waals surface area contributed by atoms with Gasteiger partial charge in [-0.2, -0.15) is 0 Å². The van der Waals surface area contributed by atoms with Gasteiger partial charge in [-0.25, -0.2) is 4.98 Å². The summed E-state index contributed by atoms with van der Waals surface area (Å²) in [5.41, 5.74) is 3.55. The Morgan fingerprint density at radius 3 is 2.58 bits per heavy atom. The minimum Gasteiger partial charge on any atom is -0.490 e. The summed E-state index contributed by atoms with van der Waals surface area (Å²) in [6.07, 6.45) is 11.0. The van der Waals surface area contributed by atoms with Crippen molar-refractivity contribution < 1.29 is 4.74 Å². The predicted molar refractivity (Wildman–Crippen MR) is 104 cm³/mol. The number of hydrogen-bond donors (Lipinski definition) is 0. The van der Waals surface area contributed by atoms with Crippen molar-refractivity contribution in [3.63, 3.8) is 0 Å². The number of allylic oxidation sites excluding steroid dienone is 3. The topological polar surface area (TPSA) is 22.1 Å². The number of aromatic nitrogens is 1. The van der Waals surface area contributed by atoms with E-state index in [1.807, 2.05) is 12.3 Å². The van der Waals surface area contributed by atoms with Gasteiger partial charge >= 0.3 is 0 Å². The van der Waals surface area contributed by atoms with Crippen LogP contribution in [0.2, 0.25) is 5.15 Å². The van der Waals surface area contributed by atoms with Crippen molar-refractivity contribution in [2.75, 3.05) is 0 Å². The van der Waals surface area contributed by atoms with E-state index in [-0.39, 0.29) is 0 Å². The van der Waals surface area contributed by atoms with Crippen LogP contribution >= 0.6 is 11.6 Å². The third kappa shape index (κ3) is 4.63. The number of ether oxygens (including phenoxy) is 1. The largest absolute Gasteiger partial charge is 0.490 e. The minimum atomic E-state index is 0.368. The molecule has 1 saturated carbocycles. The van der Waals surface area contributed by atoms with E-state index in [1.165, 1.54) is 5.57 Å². The molecule has 132 valence electrons. The highest BCUT2D eigenvalue weighted by molar-refractivity contribution is 6.29. The average Bonchev–Trinajstić information content (AvgIpc) is 3.38. The molecule has 0 saturated heterocycles. The van der Waals surface area contributed by atoms with Crippen molar-refractivity contribution >= 4 is 22.9 Å². The molecule has 0 aromatic carbocycles. The van der Waals surface area contributed by atoms with E-state index in [9.17, 15) is 0 Å². The van der Waals surface area contributed by atoms with Crippen LogP contribution in [0.1, 0.15) is 71.4 Å². The van der Waals surface area contributed by atoms with Crippen LogP contribution in [0.5, 0.6) is 0 Å². The molecule has 0 amide bonds. The van der Waals surface area contributed by atoms with Gasteiger partial charge in [0.05, 0.1) is 6.10 Å². The minimum absolute atomic E-state index is 0.368. The molecule has 3 heteroatoms. The lowest BCUT2D eigenvalue weighted by Gasteiger charge is -2.24. The van der Waals surface area contributed by atoms with Crippen molar-refractivity contribution in [1.82, 2.24) is 4.98 Å². The summed E-state index contributed by atoms with van der Waals surface area (Å²) in [7, 11) is 0. The molecule has 1 fully saturated rings. The highest BCUT2D eigenvalue weighted by Crippen LogP contribution is 2.38. The predicted octanol–water partition coefficient (Wildman–Crippen LogP) is 6.75. The fourth-order valence-corrected chi connectivity index (χ4v) is 3.12. The highest BCUT2D eigenvalue weighted by Gasteiger charge is 2.27.